The van der Waals surface area contributed by atoms with Crippen molar-refractivity contribution in [3.8, 4) is 17.2 Å². The Hall–Kier alpha value is -2.99. The second kappa shape index (κ2) is 7.69. The van der Waals surface area contributed by atoms with Crippen LogP contribution in [-0.4, -0.2) is 24.9 Å². The fourth-order valence-corrected chi connectivity index (χ4v) is 4.47. The average Bonchev–Trinajstić information content (AvgIpc) is 3.24. The molecular weight excluding hydrogens is 444 g/mol. The van der Waals surface area contributed by atoms with Crippen LogP contribution >= 0.6 is 15.9 Å². The van der Waals surface area contributed by atoms with Gasteiger partial charge < -0.3 is 14.2 Å². The highest BCUT2D eigenvalue weighted by atomic mass is 79.9. The molecule has 0 saturated carbocycles. The lowest BCUT2D eigenvalue weighted by Crippen LogP contribution is -2.33. The third-order valence-electron chi connectivity index (χ3n) is 5.58. The number of hydrazone groups is 1. The molecule has 0 unspecified atom stereocenters. The van der Waals surface area contributed by atoms with Crippen LogP contribution in [-0.2, 0) is 0 Å². The molecule has 5 nitrogen and oxygen atoms in total. The minimum absolute atomic E-state index is 0.0979. The first-order valence-electron chi connectivity index (χ1n) is 9.77. The van der Waals surface area contributed by atoms with Crippen LogP contribution < -0.4 is 14.2 Å². The highest BCUT2D eigenvalue weighted by Gasteiger charge is 2.41. The molecule has 6 heteroatoms. The van der Waals surface area contributed by atoms with Gasteiger partial charge in [-0.05, 0) is 54.1 Å². The summed E-state index contributed by atoms with van der Waals surface area (Å²) in [5.74, 6) is 2.49. The van der Waals surface area contributed by atoms with Crippen LogP contribution in [0.3, 0.4) is 0 Å². The summed E-state index contributed by atoms with van der Waals surface area (Å²) in [6.07, 6.45) is 0.424. The molecule has 3 aromatic rings. The fourth-order valence-electron chi connectivity index (χ4n) is 4.10. The van der Waals surface area contributed by atoms with Crippen molar-refractivity contribution in [2.24, 2.45) is 5.10 Å². The summed E-state index contributed by atoms with van der Waals surface area (Å²) >= 11 is 3.58. The zero-order valence-electron chi connectivity index (χ0n) is 16.7. The van der Waals surface area contributed by atoms with Crippen molar-refractivity contribution in [1.29, 1.82) is 0 Å². The third kappa shape index (κ3) is 3.21. The molecule has 2 atom stereocenters. The Morgan fingerprint density at radius 3 is 2.53 bits per heavy atom. The van der Waals surface area contributed by atoms with Crippen molar-refractivity contribution in [3.63, 3.8) is 0 Å². The third-order valence-corrected chi connectivity index (χ3v) is 6.07. The van der Waals surface area contributed by atoms with Crippen molar-refractivity contribution in [2.45, 2.75) is 18.7 Å². The number of nitrogens with zero attached hydrogens (tertiary/aromatic N) is 2. The zero-order chi connectivity index (χ0) is 20.7. The van der Waals surface area contributed by atoms with Gasteiger partial charge in [0.1, 0.15) is 17.2 Å². The number of rotatable bonds is 4. The van der Waals surface area contributed by atoms with Gasteiger partial charge in [0.25, 0.3) is 0 Å². The first-order valence-corrected chi connectivity index (χ1v) is 10.6. The van der Waals surface area contributed by atoms with E-state index in [0.29, 0.717) is 0 Å². The molecule has 2 aliphatic heterocycles. The van der Waals surface area contributed by atoms with Gasteiger partial charge in [-0.3, -0.25) is 0 Å². The topological polar surface area (TPSA) is 43.3 Å². The van der Waals surface area contributed by atoms with Crippen LogP contribution in [0.15, 0.2) is 76.3 Å². The van der Waals surface area contributed by atoms with Crippen LogP contribution in [0, 0.1) is 0 Å². The average molecular weight is 465 g/mol. The lowest BCUT2D eigenvalue weighted by atomic mass is 9.96. The molecule has 0 saturated heterocycles. The van der Waals surface area contributed by atoms with E-state index in [1.807, 2.05) is 48.5 Å². The van der Waals surface area contributed by atoms with Gasteiger partial charge in [0.15, 0.2) is 0 Å². The minimum atomic E-state index is -0.381. The Morgan fingerprint density at radius 2 is 1.77 bits per heavy atom. The maximum absolute atomic E-state index is 6.45. The van der Waals surface area contributed by atoms with Crippen LogP contribution in [0.2, 0.25) is 0 Å². The van der Waals surface area contributed by atoms with Gasteiger partial charge in [-0.25, -0.2) is 5.01 Å². The van der Waals surface area contributed by atoms with E-state index in [9.17, 15) is 0 Å². The standard InChI is InChI=1S/C24H21BrN2O3/c1-28-17-10-7-15(8-11-17)20-14-21-18-5-3-4-6-23(18)30-24(27(21)26-20)19-13-16(25)9-12-22(19)29-2/h3-13,21,24H,14H2,1-2H3/t21-,24-/m0/s1. The number of hydrogen-bond acceptors (Lipinski definition) is 5. The quantitative estimate of drug-likeness (QED) is 0.495. The van der Waals surface area contributed by atoms with Crippen molar-refractivity contribution in [2.75, 3.05) is 14.2 Å². The first-order chi connectivity index (χ1) is 14.7. The van der Waals surface area contributed by atoms with Gasteiger partial charge in [0, 0.05) is 16.5 Å². The summed E-state index contributed by atoms with van der Waals surface area (Å²) in [5.41, 5.74) is 4.20. The SMILES string of the molecule is COc1ccc(C2=NN3[C@@H](C2)c2ccccc2O[C@H]3c2cc(Br)ccc2OC)cc1. The van der Waals surface area contributed by atoms with Gasteiger partial charge in [-0.1, -0.05) is 34.1 Å². The van der Waals surface area contributed by atoms with E-state index in [4.69, 9.17) is 19.3 Å². The van der Waals surface area contributed by atoms with Gasteiger partial charge in [0.05, 0.1) is 31.5 Å². The Kier molecular flexibility index (Phi) is 4.87. The Balaban J connectivity index is 1.60. The molecular formula is C24H21BrN2O3. The van der Waals surface area contributed by atoms with E-state index in [1.165, 1.54) is 0 Å². The first kappa shape index (κ1) is 19.0. The molecule has 0 amide bonds. The van der Waals surface area contributed by atoms with Crippen LogP contribution in [0.4, 0.5) is 0 Å². The lowest BCUT2D eigenvalue weighted by molar-refractivity contribution is -0.0203. The fraction of sp³-hybridized carbons (Fsp3) is 0.208. The number of benzene rings is 3. The normalized spacial score (nSPS) is 19.4. The van der Waals surface area contributed by atoms with Gasteiger partial charge in [0.2, 0.25) is 6.23 Å². The van der Waals surface area contributed by atoms with E-state index < -0.39 is 0 Å². The Bertz CT molecular complexity index is 1110. The number of ether oxygens (including phenoxy) is 3. The number of fused-ring (bicyclic) bond motifs is 3. The molecule has 0 aliphatic carbocycles. The molecule has 0 N–H and O–H groups in total. The van der Waals surface area contributed by atoms with Gasteiger partial charge >= 0.3 is 0 Å². The van der Waals surface area contributed by atoms with E-state index in [-0.39, 0.29) is 12.3 Å². The molecule has 0 fully saturated rings. The van der Waals surface area contributed by atoms with Crippen molar-refractivity contribution in [1.82, 2.24) is 5.01 Å². The second-order valence-corrected chi connectivity index (χ2v) is 8.19. The molecule has 5 rings (SSSR count). The Labute approximate surface area is 184 Å². The predicted molar refractivity (Wildman–Crippen MR) is 119 cm³/mol. The maximum atomic E-state index is 6.45. The maximum Gasteiger partial charge on any atom is 0.217 e. The van der Waals surface area contributed by atoms with Gasteiger partial charge in [-0.2, -0.15) is 5.10 Å². The van der Waals surface area contributed by atoms with Crippen molar-refractivity contribution >= 4 is 21.6 Å². The van der Waals surface area contributed by atoms with E-state index in [1.54, 1.807) is 14.2 Å². The summed E-state index contributed by atoms with van der Waals surface area (Å²) < 4.78 is 18.3. The lowest BCUT2D eigenvalue weighted by Gasteiger charge is -2.38. The highest BCUT2D eigenvalue weighted by molar-refractivity contribution is 9.10. The monoisotopic (exact) mass is 464 g/mol. The molecule has 30 heavy (non-hydrogen) atoms. The summed E-state index contributed by atoms with van der Waals surface area (Å²) in [6, 6.07) is 22.3. The zero-order valence-corrected chi connectivity index (χ0v) is 18.3. The largest absolute Gasteiger partial charge is 0.497 e. The molecule has 152 valence electrons. The molecule has 0 spiro atoms. The van der Waals surface area contributed by atoms with E-state index in [2.05, 4.69) is 39.1 Å². The van der Waals surface area contributed by atoms with Crippen molar-refractivity contribution < 1.29 is 14.2 Å². The second-order valence-electron chi connectivity index (χ2n) is 7.27. The molecule has 3 aromatic carbocycles. The predicted octanol–water partition coefficient (Wildman–Crippen LogP) is 5.71. The number of para-hydroxylation sites is 1. The molecule has 0 bridgehead atoms. The summed E-state index contributed by atoms with van der Waals surface area (Å²) in [4.78, 5) is 0. The number of methoxy groups -OCH3 is 2. The number of hydrogen-bond donors (Lipinski definition) is 0. The minimum Gasteiger partial charge on any atom is -0.497 e. The molecule has 2 heterocycles. The molecule has 2 aliphatic rings. The molecule has 0 radical (unpaired) electrons. The van der Waals surface area contributed by atoms with E-state index >= 15 is 0 Å². The molecule has 0 aromatic heterocycles. The van der Waals surface area contributed by atoms with Crippen molar-refractivity contribution in [3.05, 3.63) is 87.9 Å². The van der Waals surface area contributed by atoms with Crippen LogP contribution in [0.25, 0.3) is 0 Å². The van der Waals surface area contributed by atoms with Gasteiger partial charge in [-0.15, -0.1) is 0 Å². The summed E-state index contributed by atoms with van der Waals surface area (Å²) in [7, 11) is 3.35. The highest BCUT2D eigenvalue weighted by Crippen LogP contribution is 2.49. The summed E-state index contributed by atoms with van der Waals surface area (Å²) in [6.45, 7) is 0. The van der Waals surface area contributed by atoms with Crippen LogP contribution in [0.1, 0.15) is 35.4 Å². The van der Waals surface area contributed by atoms with E-state index in [0.717, 1.165) is 50.5 Å². The number of halogens is 1. The Morgan fingerprint density at radius 1 is 0.967 bits per heavy atom. The summed E-state index contributed by atoms with van der Waals surface area (Å²) in [5, 5.41) is 7.07. The smallest absolute Gasteiger partial charge is 0.217 e. The van der Waals surface area contributed by atoms with Crippen LogP contribution in [0.5, 0.6) is 17.2 Å².